The van der Waals surface area contributed by atoms with Gasteiger partial charge in [-0.3, -0.25) is 0 Å². The van der Waals surface area contributed by atoms with E-state index in [4.69, 9.17) is 0 Å². The average Bonchev–Trinajstić information content (AvgIpc) is 2.58. The van der Waals surface area contributed by atoms with Crippen LogP contribution in [0, 0.1) is 11.1 Å². The molecule has 2 aliphatic rings. The van der Waals surface area contributed by atoms with Crippen LogP contribution in [0.5, 0.6) is 0 Å². The molecule has 0 aromatic heterocycles. The zero-order chi connectivity index (χ0) is 15.1. The number of hydrogen-bond donors (Lipinski definition) is 0. The summed E-state index contributed by atoms with van der Waals surface area (Å²) in [6.07, 6.45) is 3.30. The fourth-order valence-electron chi connectivity index (χ4n) is 4.36. The van der Waals surface area contributed by atoms with Crippen molar-refractivity contribution < 1.29 is 4.74 Å². The lowest BCUT2D eigenvalue weighted by molar-refractivity contribution is -0.519. The van der Waals surface area contributed by atoms with Crippen LogP contribution in [0.1, 0.15) is 48.4 Å². The van der Waals surface area contributed by atoms with Crippen molar-refractivity contribution in [3.8, 4) is 0 Å². The van der Waals surface area contributed by atoms with Crippen molar-refractivity contribution in [3.05, 3.63) is 76.5 Å². The van der Waals surface area contributed by atoms with Crippen LogP contribution < -0.4 is 0 Å². The van der Waals surface area contributed by atoms with Gasteiger partial charge in [0.25, 0.3) is 0 Å². The van der Waals surface area contributed by atoms with Crippen LogP contribution >= 0.6 is 0 Å². The van der Waals surface area contributed by atoms with E-state index in [0.29, 0.717) is 11.8 Å². The van der Waals surface area contributed by atoms with Gasteiger partial charge in [-0.05, 0) is 29.9 Å². The summed E-state index contributed by atoms with van der Waals surface area (Å²) in [5, 5.41) is 12.9. The Bertz CT molecular complexity index is 719. The molecule has 0 unspecified atom stereocenters. The number of fused-ring (bicyclic) bond motifs is 3. The minimum Gasteiger partial charge on any atom is -0.623 e. The Kier molecular flexibility index (Phi) is 3.25. The highest BCUT2D eigenvalue weighted by Gasteiger charge is 2.42. The predicted molar refractivity (Wildman–Crippen MR) is 89.1 cm³/mol. The number of rotatable bonds is 1. The number of benzene rings is 2. The molecule has 2 aromatic rings. The normalized spacial score (nSPS) is 27.2. The average molecular weight is 291 g/mol. The summed E-state index contributed by atoms with van der Waals surface area (Å²) in [4.78, 5) is 0. The van der Waals surface area contributed by atoms with Crippen LogP contribution in [0.2, 0.25) is 0 Å². The van der Waals surface area contributed by atoms with Crippen molar-refractivity contribution in [1.82, 2.24) is 0 Å². The van der Waals surface area contributed by atoms with Crippen molar-refractivity contribution >= 4 is 5.71 Å². The van der Waals surface area contributed by atoms with E-state index in [-0.39, 0.29) is 6.04 Å². The number of hydrogen-bond acceptors (Lipinski definition) is 1. The van der Waals surface area contributed by atoms with E-state index in [1.165, 1.54) is 22.3 Å². The lowest BCUT2D eigenvalue weighted by atomic mass is 9.68. The summed E-state index contributed by atoms with van der Waals surface area (Å²) in [5.74, 6) is 0.896. The molecule has 0 saturated heterocycles. The summed E-state index contributed by atoms with van der Waals surface area (Å²) in [5.41, 5.74) is 4.93. The second-order valence-corrected chi connectivity index (χ2v) is 6.60. The molecule has 2 aromatic carbocycles. The molecule has 0 radical (unpaired) electrons. The van der Waals surface area contributed by atoms with Gasteiger partial charge in [-0.15, -0.1) is 0 Å². The fourth-order valence-corrected chi connectivity index (χ4v) is 4.36. The minimum absolute atomic E-state index is 0.0206. The highest BCUT2D eigenvalue weighted by atomic mass is 16.5. The Labute approximate surface area is 131 Å². The lowest BCUT2D eigenvalue weighted by Crippen LogP contribution is -2.38. The molecule has 0 fully saturated rings. The highest BCUT2D eigenvalue weighted by Crippen LogP contribution is 2.45. The van der Waals surface area contributed by atoms with Crippen molar-refractivity contribution in [2.75, 3.05) is 0 Å². The summed E-state index contributed by atoms with van der Waals surface area (Å²) in [7, 11) is 0. The van der Waals surface area contributed by atoms with Gasteiger partial charge in [0, 0.05) is 18.9 Å². The van der Waals surface area contributed by atoms with E-state index in [1.54, 1.807) is 0 Å². The van der Waals surface area contributed by atoms with Crippen molar-refractivity contribution in [2.45, 2.75) is 38.1 Å². The van der Waals surface area contributed by atoms with Gasteiger partial charge in [-0.1, -0.05) is 54.6 Å². The van der Waals surface area contributed by atoms with Gasteiger partial charge in [0.15, 0.2) is 11.8 Å². The quantitative estimate of drug-likeness (QED) is 0.563. The van der Waals surface area contributed by atoms with Crippen LogP contribution in [0.3, 0.4) is 0 Å². The summed E-state index contributed by atoms with van der Waals surface area (Å²) < 4.78 is 1.28. The molecule has 22 heavy (non-hydrogen) atoms. The second-order valence-electron chi connectivity index (χ2n) is 6.60. The van der Waals surface area contributed by atoms with Crippen LogP contribution in [0.15, 0.2) is 54.6 Å². The van der Waals surface area contributed by atoms with Gasteiger partial charge in [0.05, 0.1) is 5.92 Å². The van der Waals surface area contributed by atoms with Gasteiger partial charge < -0.3 is 5.21 Å². The van der Waals surface area contributed by atoms with Crippen molar-refractivity contribution in [3.63, 3.8) is 0 Å². The molecule has 0 N–H and O–H groups in total. The fraction of sp³-hybridized carbons (Fsp3) is 0.350. The van der Waals surface area contributed by atoms with E-state index in [1.807, 2.05) is 25.1 Å². The monoisotopic (exact) mass is 291 g/mol. The molecule has 1 aliphatic carbocycles. The maximum atomic E-state index is 12.9. The lowest BCUT2D eigenvalue weighted by Gasteiger charge is -2.39. The summed E-state index contributed by atoms with van der Waals surface area (Å²) in [6.45, 7) is 2.03. The van der Waals surface area contributed by atoms with Crippen LogP contribution in [-0.2, 0) is 6.42 Å². The third-order valence-electron chi connectivity index (χ3n) is 5.44. The molecular weight excluding hydrogens is 270 g/mol. The smallest absolute Gasteiger partial charge is 0.188 e. The topological polar surface area (TPSA) is 26.1 Å². The van der Waals surface area contributed by atoms with E-state index in [2.05, 4.69) is 36.4 Å². The number of aryl methyl sites for hydroxylation is 1. The number of nitrogens with zero attached hydrogens (tertiary/aromatic N) is 1. The minimum atomic E-state index is -0.0206. The van der Waals surface area contributed by atoms with E-state index in [9.17, 15) is 5.21 Å². The second kappa shape index (κ2) is 5.28. The van der Waals surface area contributed by atoms with Crippen LogP contribution in [0.4, 0.5) is 0 Å². The Morgan fingerprint density at radius 3 is 2.55 bits per heavy atom. The molecule has 4 rings (SSSR count). The van der Waals surface area contributed by atoms with Crippen molar-refractivity contribution in [1.29, 1.82) is 0 Å². The Morgan fingerprint density at radius 2 is 1.73 bits per heavy atom. The third kappa shape index (κ3) is 2.06. The number of hydroxylamine groups is 1. The molecule has 0 saturated carbocycles. The largest absolute Gasteiger partial charge is 0.623 e. The van der Waals surface area contributed by atoms with E-state index < -0.39 is 0 Å². The SMILES string of the molecule is CC1=[N+]([O-])[C@@H](c2ccccc2)C[C@@H]2CCc3ccccc3[C@H]12. The van der Waals surface area contributed by atoms with Gasteiger partial charge in [0.1, 0.15) is 0 Å². The first kappa shape index (κ1) is 13.6. The zero-order valence-corrected chi connectivity index (χ0v) is 12.9. The van der Waals surface area contributed by atoms with Gasteiger partial charge >= 0.3 is 0 Å². The van der Waals surface area contributed by atoms with E-state index in [0.717, 1.165) is 24.1 Å². The van der Waals surface area contributed by atoms with Gasteiger partial charge in [-0.25, -0.2) is 4.74 Å². The van der Waals surface area contributed by atoms with Crippen molar-refractivity contribution in [2.24, 2.45) is 5.92 Å². The molecule has 0 spiro atoms. The van der Waals surface area contributed by atoms with Gasteiger partial charge in [0.2, 0.25) is 0 Å². The maximum Gasteiger partial charge on any atom is 0.188 e. The molecule has 2 nitrogen and oxygen atoms in total. The standard InChI is InChI=1S/C20H21NO/c1-14-20-17(12-11-15-7-5-6-10-18(15)20)13-19(21(14)22)16-8-3-2-4-9-16/h2-10,17,19-20H,11-13H2,1H3/t17-,19+,20+/m0/s1. The summed E-state index contributed by atoms with van der Waals surface area (Å²) in [6, 6.07) is 18.9. The zero-order valence-electron chi connectivity index (χ0n) is 12.9. The first-order valence-electron chi connectivity index (χ1n) is 8.18. The predicted octanol–water partition coefficient (Wildman–Crippen LogP) is 4.45. The first-order chi connectivity index (χ1) is 10.8. The highest BCUT2D eigenvalue weighted by molar-refractivity contribution is 5.86. The Balaban J connectivity index is 1.79. The van der Waals surface area contributed by atoms with Crippen LogP contribution in [0.25, 0.3) is 0 Å². The third-order valence-corrected chi connectivity index (χ3v) is 5.44. The molecule has 1 aliphatic heterocycles. The molecule has 1 heterocycles. The van der Waals surface area contributed by atoms with E-state index >= 15 is 0 Å². The molecule has 0 bridgehead atoms. The first-order valence-corrected chi connectivity index (χ1v) is 8.18. The van der Waals surface area contributed by atoms with Crippen LogP contribution in [-0.4, -0.2) is 10.5 Å². The molecule has 0 amide bonds. The summed E-state index contributed by atoms with van der Waals surface area (Å²) >= 11 is 0. The Hall–Kier alpha value is -2.09. The molecular formula is C20H21NO. The maximum absolute atomic E-state index is 12.9. The molecule has 3 atom stereocenters. The Morgan fingerprint density at radius 1 is 1.00 bits per heavy atom. The molecule has 112 valence electrons. The van der Waals surface area contributed by atoms with Gasteiger partial charge in [-0.2, -0.15) is 0 Å². The molecule has 2 heteroatoms.